The molecule has 0 aromatic rings. The van der Waals surface area contributed by atoms with Crippen LogP contribution < -0.4 is 0 Å². The van der Waals surface area contributed by atoms with Gasteiger partial charge in [-0.15, -0.1) is 0 Å². The van der Waals surface area contributed by atoms with Crippen LogP contribution in [-0.4, -0.2) is 73.4 Å². The third-order valence-corrected chi connectivity index (χ3v) is 6.31. The number of hydrogen-bond donors (Lipinski definition) is 5. The SMILES string of the molecule is CC(C=C[C@@]1(O)C(C)(C)CCC[C@@]1(C)O)=CC(=O)O[C@@H]1[C@@H](O)[C@H](O)[C@H](C)O[C@H]1O. The van der Waals surface area contributed by atoms with Crippen molar-refractivity contribution in [3.63, 3.8) is 0 Å². The third kappa shape index (κ3) is 4.73. The maximum Gasteiger partial charge on any atom is 0.331 e. The van der Waals surface area contributed by atoms with Crippen LogP contribution in [-0.2, 0) is 14.3 Å². The first kappa shape index (κ1) is 24.0. The fourth-order valence-electron chi connectivity index (χ4n) is 4.19. The van der Waals surface area contributed by atoms with Gasteiger partial charge in [0.2, 0.25) is 0 Å². The van der Waals surface area contributed by atoms with E-state index in [2.05, 4.69) is 0 Å². The molecule has 1 saturated heterocycles. The Bertz CT molecular complexity index is 650. The van der Waals surface area contributed by atoms with E-state index in [-0.39, 0.29) is 0 Å². The van der Waals surface area contributed by atoms with Gasteiger partial charge in [-0.1, -0.05) is 19.9 Å². The Morgan fingerprint density at radius 3 is 2.31 bits per heavy atom. The average Bonchev–Trinajstić information content (AvgIpc) is 2.59. The first-order valence-electron chi connectivity index (χ1n) is 9.94. The zero-order chi connectivity index (χ0) is 22.2. The number of rotatable bonds is 4. The number of esters is 1. The van der Waals surface area contributed by atoms with Gasteiger partial charge in [-0.25, -0.2) is 4.79 Å². The summed E-state index contributed by atoms with van der Waals surface area (Å²) >= 11 is 0. The molecule has 7 atom stereocenters. The van der Waals surface area contributed by atoms with Crippen molar-refractivity contribution in [3.8, 4) is 0 Å². The van der Waals surface area contributed by atoms with E-state index in [4.69, 9.17) is 9.47 Å². The molecule has 2 fully saturated rings. The van der Waals surface area contributed by atoms with E-state index in [1.807, 2.05) is 13.8 Å². The molecule has 1 saturated carbocycles. The van der Waals surface area contributed by atoms with Gasteiger partial charge in [-0.2, -0.15) is 0 Å². The highest BCUT2D eigenvalue weighted by Gasteiger charge is 2.56. The van der Waals surface area contributed by atoms with E-state index in [9.17, 15) is 30.3 Å². The summed E-state index contributed by atoms with van der Waals surface area (Å²) in [6.07, 6.45) is -0.403. The molecular weight excluding hydrogens is 380 g/mol. The number of carbonyl (C=O) groups is 1. The van der Waals surface area contributed by atoms with E-state index in [0.717, 1.165) is 18.9 Å². The molecule has 1 aliphatic heterocycles. The zero-order valence-electron chi connectivity index (χ0n) is 17.7. The van der Waals surface area contributed by atoms with Crippen LogP contribution in [0, 0.1) is 5.41 Å². The minimum Gasteiger partial charge on any atom is -0.451 e. The number of ether oxygens (including phenoxy) is 2. The molecule has 0 amide bonds. The molecular formula is C21H34O8. The molecule has 5 N–H and O–H groups in total. The van der Waals surface area contributed by atoms with Crippen molar-refractivity contribution in [2.75, 3.05) is 0 Å². The Morgan fingerprint density at radius 2 is 1.72 bits per heavy atom. The predicted molar refractivity (Wildman–Crippen MR) is 105 cm³/mol. The monoisotopic (exact) mass is 414 g/mol. The molecule has 2 rings (SSSR count). The van der Waals surface area contributed by atoms with Crippen LogP contribution in [0.15, 0.2) is 23.8 Å². The summed E-state index contributed by atoms with van der Waals surface area (Å²) in [5, 5.41) is 51.7. The summed E-state index contributed by atoms with van der Waals surface area (Å²) in [5.74, 6) is -0.845. The van der Waals surface area contributed by atoms with Crippen LogP contribution in [0.25, 0.3) is 0 Å². The van der Waals surface area contributed by atoms with Crippen LogP contribution in [0.1, 0.15) is 53.9 Å². The minimum atomic E-state index is -1.56. The summed E-state index contributed by atoms with van der Waals surface area (Å²) in [7, 11) is 0. The summed E-state index contributed by atoms with van der Waals surface area (Å²) < 4.78 is 10.1. The second kappa shape index (κ2) is 8.45. The zero-order valence-corrected chi connectivity index (χ0v) is 17.7. The van der Waals surface area contributed by atoms with E-state index in [1.165, 1.54) is 19.1 Å². The molecule has 0 bridgehead atoms. The maximum absolute atomic E-state index is 12.2. The van der Waals surface area contributed by atoms with Gasteiger partial charge in [0.1, 0.15) is 17.8 Å². The first-order valence-corrected chi connectivity index (χ1v) is 9.94. The lowest BCUT2D eigenvalue weighted by atomic mass is 9.58. The van der Waals surface area contributed by atoms with Gasteiger partial charge in [0, 0.05) is 6.08 Å². The molecule has 166 valence electrons. The first-order chi connectivity index (χ1) is 13.2. The van der Waals surface area contributed by atoms with Crippen LogP contribution >= 0.6 is 0 Å². The van der Waals surface area contributed by atoms with Crippen molar-refractivity contribution in [1.29, 1.82) is 0 Å². The highest BCUT2D eigenvalue weighted by Crippen LogP contribution is 2.50. The number of aliphatic hydroxyl groups excluding tert-OH is 3. The molecule has 0 radical (unpaired) electrons. The molecule has 29 heavy (non-hydrogen) atoms. The Morgan fingerprint density at radius 1 is 1.10 bits per heavy atom. The fourth-order valence-corrected chi connectivity index (χ4v) is 4.19. The molecule has 8 heteroatoms. The number of allylic oxidation sites excluding steroid dienone is 2. The van der Waals surface area contributed by atoms with Crippen molar-refractivity contribution in [2.45, 2.75) is 95.8 Å². The standard InChI is InChI=1S/C21H34O8/c1-12(7-10-21(27)19(3,4)8-6-9-20(21,5)26)11-14(22)29-17-16(24)15(23)13(2)28-18(17)25/h7,10-11,13,15-18,23-27H,6,8-9H2,1-5H3/t13-,15+,16-,17+,18+,20+,21+/m0/s1. The maximum atomic E-state index is 12.2. The van der Waals surface area contributed by atoms with Gasteiger partial charge in [0.05, 0.1) is 11.7 Å². The fraction of sp³-hybridized carbons (Fsp3) is 0.762. The van der Waals surface area contributed by atoms with Crippen molar-refractivity contribution in [2.24, 2.45) is 5.41 Å². The predicted octanol–water partition coefficient (Wildman–Crippen LogP) is 0.552. The van der Waals surface area contributed by atoms with Crippen LogP contribution in [0.4, 0.5) is 0 Å². The van der Waals surface area contributed by atoms with Gasteiger partial charge in [0.25, 0.3) is 0 Å². The van der Waals surface area contributed by atoms with Crippen LogP contribution in [0.5, 0.6) is 0 Å². The van der Waals surface area contributed by atoms with Crippen molar-refractivity contribution in [1.82, 2.24) is 0 Å². The van der Waals surface area contributed by atoms with Crippen molar-refractivity contribution < 1.29 is 39.8 Å². The van der Waals surface area contributed by atoms with Crippen molar-refractivity contribution in [3.05, 3.63) is 23.8 Å². The normalized spacial score (nSPS) is 43.4. The number of carbonyl (C=O) groups excluding carboxylic acids is 1. The lowest BCUT2D eigenvalue weighted by Gasteiger charge is -2.53. The molecule has 2 aliphatic rings. The largest absolute Gasteiger partial charge is 0.451 e. The van der Waals surface area contributed by atoms with E-state index in [0.29, 0.717) is 12.0 Å². The molecule has 0 aromatic heterocycles. The highest BCUT2D eigenvalue weighted by atomic mass is 16.7. The van der Waals surface area contributed by atoms with Gasteiger partial charge >= 0.3 is 5.97 Å². The smallest absolute Gasteiger partial charge is 0.331 e. The number of aliphatic hydroxyl groups is 5. The van der Waals surface area contributed by atoms with Crippen LogP contribution in [0.2, 0.25) is 0 Å². The summed E-state index contributed by atoms with van der Waals surface area (Å²) in [6.45, 7) is 8.47. The molecule has 0 spiro atoms. The summed E-state index contributed by atoms with van der Waals surface area (Å²) in [6, 6.07) is 0. The summed E-state index contributed by atoms with van der Waals surface area (Å²) in [5.41, 5.74) is -2.92. The Labute approximate surface area is 171 Å². The topological polar surface area (TPSA) is 137 Å². The molecule has 0 aromatic carbocycles. The third-order valence-electron chi connectivity index (χ3n) is 6.31. The van der Waals surface area contributed by atoms with Gasteiger partial charge in [-0.3, -0.25) is 0 Å². The van der Waals surface area contributed by atoms with Gasteiger partial charge < -0.3 is 35.0 Å². The molecule has 0 unspecified atom stereocenters. The van der Waals surface area contributed by atoms with E-state index >= 15 is 0 Å². The molecule has 1 aliphatic carbocycles. The van der Waals surface area contributed by atoms with E-state index < -0.39 is 53.3 Å². The number of hydrogen-bond acceptors (Lipinski definition) is 8. The second-order valence-electron chi connectivity index (χ2n) is 9.11. The lowest BCUT2D eigenvalue weighted by Crippen LogP contribution is -2.62. The van der Waals surface area contributed by atoms with E-state index in [1.54, 1.807) is 13.8 Å². The minimum absolute atomic E-state index is 0.440. The Kier molecular flexibility index (Phi) is 6.99. The molecule has 8 nitrogen and oxygen atoms in total. The Balaban J connectivity index is 2.11. The summed E-state index contributed by atoms with van der Waals surface area (Å²) in [4.78, 5) is 12.2. The van der Waals surface area contributed by atoms with Gasteiger partial charge in [-0.05, 0) is 57.1 Å². The molecule has 1 heterocycles. The lowest BCUT2D eigenvalue weighted by molar-refractivity contribution is -0.281. The van der Waals surface area contributed by atoms with Gasteiger partial charge in [0.15, 0.2) is 12.4 Å². The second-order valence-corrected chi connectivity index (χ2v) is 9.11. The van der Waals surface area contributed by atoms with Crippen LogP contribution in [0.3, 0.4) is 0 Å². The Hall–Kier alpha value is -1.29. The quantitative estimate of drug-likeness (QED) is 0.256. The average molecular weight is 414 g/mol. The highest BCUT2D eigenvalue weighted by molar-refractivity contribution is 5.83. The van der Waals surface area contributed by atoms with Crippen molar-refractivity contribution >= 4 is 5.97 Å².